The zero-order chi connectivity index (χ0) is 10.3. The summed E-state index contributed by atoms with van der Waals surface area (Å²) in [5.74, 6) is -0.454. The molecular formula is C10H9N3O. The molecule has 0 aromatic heterocycles. The average Bonchev–Trinajstić information content (AvgIpc) is 2.43. The van der Waals surface area contributed by atoms with Gasteiger partial charge in [0.1, 0.15) is 0 Å². The lowest BCUT2D eigenvalue weighted by Crippen LogP contribution is -2.41. The number of fused-ring (bicyclic) bond motifs is 1. The maximum Gasteiger partial charge on any atom is 0.264 e. The van der Waals surface area contributed by atoms with Crippen molar-refractivity contribution in [1.29, 1.82) is 5.26 Å². The van der Waals surface area contributed by atoms with Crippen molar-refractivity contribution in [3.8, 4) is 6.07 Å². The largest absolute Gasteiger partial charge is 0.323 e. The molecule has 4 heteroatoms. The monoisotopic (exact) mass is 187 g/mol. The molecule has 1 aromatic carbocycles. The van der Waals surface area contributed by atoms with Crippen molar-refractivity contribution in [3.63, 3.8) is 0 Å². The highest BCUT2D eigenvalue weighted by atomic mass is 16.2. The number of benzene rings is 1. The van der Waals surface area contributed by atoms with Crippen LogP contribution in [0.25, 0.3) is 0 Å². The maximum absolute atomic E-state index is 11.5. The van der Waals surface area contributed by atoms with Crippen LogP contribution in [0.1, 0.15) is 11.1 Å². The minimum absolute atomic E-state index is 0.454. The van der Waals surface area contributed by atoms with Crippen molar-refractivity contribution in [1.82, 2.24) is 0 Å². The fraction of sp³-hybridized carbons (Fsp3) is 0.200. The van der Waals surface area contributed by atoms with Crippen molar-refractivity contribution in [2.75, 3.05) is 5.32 Å². The molecule has 0 spiro atoms. The van der Waals surface area contributed by atoms with Crippen LogP contribution >= 0.6 is 0 Å². The summed E-state index contributed by atoms with van der Waals surface area (Å²) in [6.45, 7) is 1.86. The molecule has 14 heavy (non-hydrogen) atoms. The predicted molar refractivity (Wildman–Crippen MR) is 51.3 cm³/mol. The SMILES string of the molecule is Cc1cccc2c1NC(=O)[C@@]2(N)C#N. The summed E-state index contributed by atoms with van der Waals surface area (Å²) in [6, 6.07) is 7.19. The number of carbonyl (C=O) groups is 1. The lowest BCUT2D eigenvalue weighted by Gasteiger charge is -2.11. The smallest absolute Gasteiger partial charge is 0.264 e. The Bertz CT molecular complexity index is 461. The Morgan fingerprint density at radius 3 is 2.93 bits per heavy atom. The van der Waals surface area contributed by atoms with Crippen LogP contribution in [-0.2, 0) is 10.3 Å². The zero-order valence-electron chi connectivity index (χ0n) is 7.66. The van der Waals surface area contributed by atoms with Crippen LogP contribution in [0.2, 0.25) is 0 Å². The number of carbonyl (C=O) groups excluding carboxylic acids is 1. The van der Waals surface area contributed by atoms with Crippen LogP contribution < -0.4 is 11.1 Å². The predicted octanol–water partition coefficient (Wildman–Crippen LogP) is 0.625. The van der Waals surface area contributed by atoms with Gasteiger partial charge in [-0.25, -0.2) is 0 Å². The number of hydrogen-bond acceptors (Lipinski definition) is 3. The molecule has 1 aromatic rings. The molecule has 1 atom stereocenters. The van der Waals surface area contributed by atoms with E-state index in [1.54, 1.807) is 12.1 Å². The number of nitriles is 1. The third-order valence-electron chi connectivity index (χ3n) is 2.47. The minimum atomic E-state index is -1.53. The van der Waals surface area contributed by atoms with Crippen molar-refractivity contribution >= 4 is 11.6 Å². The first-order valence-electron chi connectivity index (χ1n) is 4.21. The van der Waals surface area contributed by atoms with E-state index in [4.69, 9.17) is 11.0 Å². The second-order valence-electron chi connectivity index (χ2n) is 3.37. The molecule has 0 saturated heterocycles. The Morgan fingerprint density at radius 1 is 1.57 bits per heavy atom. The number of nitrogens with two attached hydrogens (primary N) is 1. The number of amides is 1. The van der Waals surface area contributed by atoms with Gasteiger partial charge in [-0.05, 0) is 12.5 Å². The van der Waals surface area contributed by atoms with Gasteiger partial charge in [-0.1, -0.05) is 18.2 Å². The van der Waals surface area contributed by atoms with E-state index in [9.17, 15) is 4.79 Å². The molecule has 2 rings (SSSR count). The molecule has 1 amide bonds. The average molecular weight is 187 g/mol. The molecule has 0 bridgehead atoms. The zero-order valence-corrected chi connectivity index (χ0v) is 7.66. The van der Waals surface area contributed by atoms with E-state index in [1.807, 2.05) is 19.1 Å². The fourth-order valence-electron chi connectivity index (χ4n) is 1.61. The third-order valence-corrected chi connectivity index (χ3v) is 2.47. The van der Waals surface area contributed by atoms with Gasteiger partial charge in [0, 0.05) is 5.56 Å². The third kappa shape index (κ3) is 0.874. The molecular weight excluding hydrogens is 178 g/mol. The molecule has 4 nitrogen and oxygen atoms in total. The van der Waals surface area contributed by atoms with E-state index < -0.39 is 11.4 Å². The van der Waals surface area contributed by atoms with Gasteiger partial charge in [0.15, 0.2) is 0 Å². The summed E-state index contributed by atoms with van der Waals surface area (Å²) in [7, 11) is 0. The molecule has 0 unspecified atom stereocenters. The molecule has 3 N–H and O–H groups in total. The van der Waals surface area contributed by atoms with Gasteiger partial charge in [0.25, 0.3) is 5.91 Å². The number of aryl methyl sites for hydroxylation is 1. The van der Waals surface area contributed by atoms with Crippen molar-refractivity contribution in [3.05, 3.63) is 29.3 Å². The quantitative estimate of drug-likeness (QED) is 0.625. The number of para-hydroxylation sites is 1. The summed E-state index contributed by atoms with van der Waals surface area (Å²) in [6.07, 6.45) is 0. The van der Waals surface area contributed by atoms with E-state index in [2.05, 4.69) is 5.32 Å². The highest BCUT2D eigenvalue weighted by molar-refractivity contribution is 6.08. The highest BCUT2D eigenvalue weighted by Crippen LogP contribution is 2.35. The van der Waals surface area contributed by atoms with Gasteiger partial charge >= 0.3 is 0 Å². The van der Waals surface area contributed by atoms with Crippen molar-refractivity contribution in [2.45, 2.75) is 12.5 Å². The molecule has 70 valence electrons. The molecule has 1 heterocycles. The minimum Gasteiger partial charge on any atom is -0.323 e. The van der Waals surface area contributed by atoms with Crippen LogP contribution in [0.4, 0.5) is 5.69 Å². The summed E-state index contributed by atoms with van der Waals surface area (Å²) < 4.78 is 0. The molecule has 1 aliphatic heterocycles. The van der Waals surface area contributed by atoms with Crippen LogP contribution in [0.15, 0.2) is 18.2 Å². The molecule has 0 saturated carbocycles. The van der Waals surface area contributed by atoms with E-state index >= 15 is 0 Å². The van der Waals surface area contributed by atoms with Gasteiger partial charge < -0.3 is 11.1 Å². The molecule has 0 fully saturated rings. The number of rotatable bonds is 0. The number of anilines is 1. The number of hydrogen-bond donors (Lipinski definition) is 2. The first-order valence-corrected chi connectivity index (χ1v) is 4.21. The van der Waals surface area contributed by atoms with E-state index in [0.29, 0.717) is 11.3 Å². The van der Waals surface area contributed by atoms with Gasteiger partial charge in [-0.15, -0.1) is 0 Å². The summed E-state index contributed by atoms with van der Waals surface area (Å²) >= 11 is 0. The second kappa shape index (κ2) is 2.56. The first-order chi connectivity index (χ1) is 6.59. The molecule has 0 radical (unpaired) electrons. The molecule has 1 aliphatic rings. The van der Waals surface area contributed by atoms with Gasteiger partial charge in [0.2, 0.25) is 5.54 Å². The lowest BCUT2D eigenvalue weighted by atomic mass is 9.93. The van der Waals surface area contributed by atoms with Crippen molar-refractivity contribution < 1.29 is 4.79 Å². The summed E-state index contributed by atoms with van der Waals surface area (Å²) in [5, 5.41) is 11.5. The molecule has 0 aliphatic carbocycles. The van der Waals surface area contributed by atoms with E-state index in [-0.39, 0.29) is 0 Å². The maximum atomic E-state index is 11.5. The van der Waals surface area contributed by atoms with Crippen LogP contribution in [-0.4, -0.2) is 5.91 Å². The highest BCUT2D eigenvalue weighted by Gasteiger charge is 2.44. The van der Waals surface area contributed by atoms with Crippen molar-refractivity contribution in [2.24, 2.45) is 5.73 Å². The fourth-order valence-corrected chi connectivity index (χ4v) is 1.61. The van der Waals surface area contributed by atoms with Crippen LogP contribution in [0, 0.1) is 18.3 Å². The Kier molecular flexibility index (Phi) is 1.60. The summed E-state index contributed by atoms with van der Waals surface area (Å²) in [5.41, 5.74) is 6.33. The second-order valence-corrected chi connectivity index (χ2v) is 3.37. The van der Waals surface area contributed by atoms with E-state index in [0.717, 1.165) is 5.56 Å². The number of nitrogens with zero attached hydrogens (tertiary/aromatic N) is 1. The topological polar surface area (TPSA) is 78.9 Å². The van der Waals surface area contributed by atoms with Crippen LogP contribution in [0.3, 0.4) is 0 Å². The van der Waals surface area contributed by atoms with Gasteiger partial charge in [0.05, 0.1) is 11.8 Å². The normalized spacial score (nSPS) is 23.9. The Balaban J connectivity index is 2.72. The Labute approximate surface area is 81.3 Å². The number of nitrogens with one attached hydrogen (secondary N) is 1. The summed E-state index contributed by atoms with van der Waals surface area (Å²) in [4.78, 5) is 11.5. The lowest BCUT2D eigenvalue weighted by molar-refractivity contribution is -0.118. The first kappa shape index (κ1) is 8.73. The van der Waals surface area contributed by atoms with E-state index in [1.165, 1.54) is 0 Å². The van der Waals surface area contributed by atoms with Gasteiger partial charge in [-0.2, -0.15) is 5.26 Å². The standard InChI is InChI=1S/C10H9N3O/c1-6-3-2-4-7-8(6)13-9(14)10(7,12)5-11/h2-4H,12H2,1H3,(H,13,14)/t10-/m1/s1. The Hall–Kier alpha value is -1.86. The Morgan fingerprint density at radius 2 is 2.29 bits per heavy atom. The van der Waals surface area contributed by atoms with Gasteiger partial charge in [-0.3, -0.25) is 4.79 Å². The van der Waals surface area contributed by atoms with Crippen LogP contribution in [0.5, 0.6) is 0 Å².